The Balaban J connectivity index is 0.901. The van der Waals surface area contributed by atoms with Crippen molar-refractivity contribution in [2.24, 2.45) is 0 Å². The first kappa shape index (κ1) is 37.7. The van der Waals surface area contributed by atoms with Crippen molar-refractivity contribution in [3.63, 3.8) is 0 Å². The summed E-state index contributed by atoms with van der Waals surface area (Å²) in [5.74, 6) is 1.61. The summed E-state index contributed by atoms with van der Waals surface area (Å²) in [7, 11) is -6.12. The van der Waals surface area contributed by atoms with E-state index in [4.69, 9.17) is 9.97 Å². The second-order valence-electron chi connectivity index (χ2n) is 15.7. The summed E-state index contributed by atoms with van der Waals surface area (Å²) >= 11 is 0. The van der Waals surface area contributed by atoms with E-state index in [-0.39, 0.29) is 0 Å². The first-order valence-electron chi connectivity index (χ1n) is 20.4. The van der Waals surface area contributed by atoms with Crippen LogP contribution in [-0.4, -0.2) is 42.4 Å². The van der Waals surface area contributed by atoms with Crippen molar-refractivity contribution >= 4 is 79.1 Å². The molecule has 2 atom stereocenters. The average molecular weight is 841 g/mol. The van der Waals surface area contributed by atoms with E-state index in [1.165, 1.54) is 0 Å². The number of nitrogens with zero attached hydrogens (tertiary/aromatic N) is 6. The Morgan fingerprint density at radius 2 is 0.774 bits per heavy atom. The predicted octanol–water partition coefficient (Wildman–Crippen LogP) is 10.7. The van der Waals surface area contributed by atoms with Gasteiger partial charge in [0.05, 0.1) is 45.8 Å². The Kier molecular flexibility index (Phi) is 8.97. The largest absolute Gasteiger partial charge is 0.314 e. The van der Waals surface area contributed by atoms with Gasteiger partial charge in [-0.2, -0.15) is 0 Å². The van der Waals surface area contributed by atoms with Crippen LogP contribution in [0.1, 0.15) is 0 Å². The number of aromatic nitrogens is 6. The molecule has 0 aliphatic rings. The van der Waals surface area contributed by atoms with Gasteiger partial charge >= 0.3 is 0 Å². The van der Waals surface area contributed by atoms with Gasteiger partial charge in [-0.25, -0.2) is 9.97 Å². The van der Waals surface area contributed by atoms with Crippen molar-refractivity contribution in [2.75, 3.05) is 13.3 Å². The molecule has 0 bridgehead atoms. The molecule has 0 amide bonds. The highest BCUT2D eigenvalue weighted by Crippen LogP contribution is 2.43. The van der Waals surface area contributed by atoms with Crippen molar-refractivity contribution < 1.29 is 9.13 Å². The molecule has 0 N–H and O–H groups in total. The quantitative estimate of drug-likeness (QED) is 0.141. The monoisotopic (exact) mass is 840 g/mol. The third-order valence-corrected chi connectivity index (χ3v) is 17.0. The third-order valence-electron chi connectivity index (χ3n) is 12.0. The van der Waals surface area contributed by atoms with Gasteiger partial charge in [-0.05, 0) is 74.0 Å². The summed E-state index contributed by atoms with van der Waals surface area (Å²) in [6, 6.07) is 56.1. The fourth-order valence-corrected chi connectivity index (χ4v) is 12.3. The van der Waals surface area contributed by atoms with Crippen molar-refractivity contribution in [2.45, 2.75) is 0 Å². The Morgan fingerprint density at radius 3 is 1.19 bits per heavy atom. The maximum Gasteiger partial charge on any atom is 0.140 e. The fraction of sp³-hybridized carbons (Fsp3) is 0.0385. The normalized spacial score (nSPS) is 13.7. The molecule has 0 radical (unpaired) electrons. The van der Waals surface area contributed by atoms with Crippen LogP contribution < -0.4 is 21.2 Å². The highest BCUT2D eigenvalue weighted by Gasteiger charge is 2.26. The van der Waals surface area contributed by atoms with E-state index in [0.29, 0.717) is 11.4 Å². The fourth-order valence-electron chi connectivity index (χ4n) is 8.70. The van der Waals surface area contributed by atoms with E-state index in [9.17, 15) is 9.13 Å². The minimum atomic E-state index is -3.06. The van der Waals surface area contributed by atoms with Crippen LogP contribution in [0.15, 0.2) is 195 Å². The zero-order valence-corrected chi connectivity index (χ0v) is 35.7. The Hall–Kier alpha value is -7.24. The summed E-state index contributed by atoms with van der Waals surface area (Å²) in [6.07, 6.45) is 7.07. The average Bonchev–Trinajstić information content (AvgIpc) is 3.84. The molecule has 11 rings (SSSR count). The molecular formula is C52H38N6O2P2. The molecule has 6 aromatic carbocycles. The Morgan fingerprint density at radius 1 is 0.371 bits per heavy atom. The standard InChI is InChI=1S/C52H38N6O2P2/c1-61(59,39-23-25-43-41-17-3-5-19-47(41)57(49(43)31-39)51-21-7-9-27-53-51)37-15-11-13-35(29-37)45-33-56-46(34-55-45)36-14-12-16-38(30-36)62(2,60)40-24-26-44-42-18-4-6-20-48(42)58(50(44)32-40)52-22-8-10-28-54-52/h3-34H,1-2H3. The summed E-state index contributed by atoms with van der Waals surface area (Å²) < 4.78 is 34.0. The van der Waals surface area contributed by atoms with Crippen molar-refractivity contribution in [1.29, 1.82) is 0 Å². The van der Waals surface area contributed by atoms with Crippen LogP contribution in [0.2, 0.25) is 0 Å². The molecule has 8 nitrogen and oxygen atoms in total. The van der Waals surface area contributed by atoms with Gasteiger partial charge in [0.15, 0.2) is 0 Å². The number of hydrogen-bond acceptors (Lipinski definition) is 6. The van der Waals surface area contributed by atoms with Crippen LogP contribution in [0.4, 0.5) is 0 Å². The number of fused-ring (bicyclic) bond motifs is 6. The summed E-state index contributed by atoms with van der Waals surface area (Å²) in [6.45, 7) is 3.65. The van der Waals surface area contributed by atoms with Crippen LogP contribution in [0, 0.1) is 0 Å². The molecule has 0 spiro atoms. The highest BCUT2D eigenvalue weighted by atomic mass is 31.2. The smallest absolute Gasteiger partial charge is 0.140 e. The molecule has 0 aliphatic carbocycles. The van der Waals surface area contributed by atoms with E-state index in [0.717, 1.165) is 87.6 Å². The third kappa shape index (κ3) is 6.22. The number of rotatable bonds is 8. The molecule has 5 aromatic heterocycles. The molecule has 0 saturated carbocycles. The van der Waals surface area contributed by atoms with E-state index in [2.05, 4.69) is 67.6 Å². The summed E-state index contributed by atoms with van der Waals surface area (Å²) in [5, 5.41) is 7.35. The van der Waals surface area contributed by atoms with Gasteiger partial charge in [0.2, 0.25) is 0 Å². The second-order valence-corrected chi connectivity index (χ2v) is 21.5. The molecule has 0 fully saturated rings. The van der Waals surface area contributed by atoms with Crippen LogP contribution in [-0.2, 0) is 9.13 Å². The SMILES string of the molecule is CP(=O)(c1cccc(-c2cnc(-c3cccc(P(C)(=O)c4ccc5c6ccccc6n(-c6ccccn6)c5c4)c3)cn2)c1)c1ccc2c3ccccc3n(-c3ccccn3)c2c1. The van der Waals surface area contributed by atoms with Gasteiger partial charge in [0.1, 0.15) is 25.9 Å². The van der Waals surface area contributed by atoms with Gasteiger partial charge in [-0.3, -0.25) is 19.1 Å². The van der Waals surface area contributed by atoms with Crippen LogP contribution >= 0.6 is 14.3 Å². The molecule has 0 saturated heterocycles. The van der Waals surface area contributed by atoms with Gasteiger partial charge in [-0.1, -0.05) is 109 Å². The Labute approximate surface area is 358 Å². The Bertz CT molecular complexity index is 3380. The van der Waals surface area contributed by atoms with Crippen molar-refractivity contribution in [1.82, 2.24) is 29.1 Å². The van der Waals surface area contributed by atoms with Gasteiger partial charge in [-0.15, -0.1) is 0 Å². The zero-order chi connectivity index (χ0) is 42.0. The first-order valence-corrected chi connectivity index (χ1v) is 24.7. The minimum Gasteiger partial charge on any atom is -0.314 e. The minimum absolute atomic E-state index is 0.662. The molecule has 10 heteroatoms. The lowest BCUT2D eigenvalue weighted by Crippen LogP contribution is -2.16. The summed E-state index contributed by atoms with van der Waals surface area (Å²) in [5.41, 5.74) is 6.96. The lowest BCUT2D eigenvalue weighted by Gasteiger charge is -2.16. The number of benzene rings is 6. The lowest BCUT2D eigenvalue weighted by molar-refractivity contribution is 0.589. The predicted molar refractivity (Wildman–Crippen MR) is 256 cm³/mol. The number of hydrogen-bond donors (Lipinski definition) is 0. The summed E-state index contributed by atoms with van der Waals surface area (Å²) in [4.78, 5) is 19.0. The number of para-hydroxylation sites is 2. The molecule has 5 heterocycles. The van der Waals surface area contributed by atoms with E-state index >= 15 is 0 Å². The molecule has 0 aliphatic heterocycles. The van der Waals surface area contributed by atoms with Crippen LogP contribution in [0.5, 0.6) is 0 Å². The van der Waals surface area contributed by atoms with Crippen LogP contribution in [0.25, 0.3) is 77.8 Å². The van der Waals surface area contributed by atoms with E-state index < -0.39 is 14.3 Å². The van der Waals surface area contributed by atoms with E-state index in [1.807, 2.05) is 135 Å². The second kappa shape index (κ2) is 14.7. The van der Waals surface area contributed by atoms with Gasteiger partial charge < -0.3 is 9.13 Å². The van der Waals surface area contributed by atoms with Crippen LogP contribution in [0.3, 0.4) is 0 Å². The maximum atomic E-state index is 14.9. The van der Waals surface area contributed by atoms with Gasteiger partial charge in [0, 0.05) is 66.3 Å². The topological polar surface area (TPSA) is 95.6 Å². The molecule has 62 heavy (non-hydrogen) atoms. The number of pyridine rings is 2. The first-order chi connectivity index (χ1) is 30.3. The molecule has 11 aromatic rings. The molecule has 298 valence electrons. The highest BCUT2D eigenvalue weighted by molar-refractivity contribution is 7.78. The molecular weight excluding hydrogens is 803 g/mol. The molecule has 2 unspecified atom stereocenters. The zero-order valence-electron chi connectivity index (χ0n) is 33.9. The van der Waals surface area contributed by atoms with Gasteiger partial charge in [0.25, 0.3) is 0 Å². The van der Waals surface area contributed by atoms with E-state index in [1.54, 1.807) is 24.8 Å². The van der Waals surface area contributed by atoms with Crippen molar-refractivity contribution in [3.05, 3.63) is 195 Å². The lowest BCUT2D eigenvalue weighted by atomic mass is 10.1. The van der Waals surface area contributed by atoms with Crippen molar-refractivity contribution in [3.8, 4) is 34.2 Å². The maximum absolute atomic E-state index is 14.9.